The van der Waals surface area contributed by atoms with E-state index in [-0.39, 0.29) is 11.4 Å². The van der Waals surface area contributed by atoms with Crippen molar-refractivity contribution >= 4 is 5.91 Å². The van der Waals surface area contributed by atoms with Crippen LogP contribution < -0.4 is 5.32 Å². The molecule has 2 saturated heterocycles. The maximum atomic E-state index is 11.5. The Morgan fingerprint density at radius 2 is 2.42 bits per heavy atom. The monoisotopic (exact) mass is 166 g/mol. The molecule has 0 radical (unpaired) electrons. The topological polar surface area (TPSA) is 32.3 Å². The standard InChI is InChI=1S/C9H14N2O/c1-7-6-10-8(12)9(2)4-3-5-11(7)9/h1,3-6H2,2H3,(H,10,12)/t9-/m0/s1. The van der Waals surface area contributed by atoms with Crippen LogP contribution in [0.2, 0.25) is 0 Å². The zero-order valence-corrected chi connectivity index (χ0v) is 7.39. The molecule has 0 bridgehead atoms. The predicted molar refractivity (Wildman–Crippen MR) is 46.5 cm³/mol. The number of piperazine rings is 1. The van der Waals surface area contributed by atoms with E-state index in [9.17, 15) is 4.79 Å². The number of amides is 1. The largest absolute Gasteiger partial charge is 0.360 e. The van der Waals surface area contributed by atoms with Crippen LogP contribution in [0.5, 0.6) is 0 Å². The maximum absolute atomic E-state index is 11.5. The first-order valence-electron chi connectivity index (χ1n) is 4.38. The third-order valence-electron chi connectivity index (χ3n) is 2.96. The summed E-state index contributed by atoms with van der Waals surface area (Å²) < 4.78 is 0. The zero-order chi connectivity index (χ0) is 8.77. The molecule has 0 saturated carbocycles. The van der Waals surface area contributed by atoms with Crippen molar-refractivity contribution in [3.8, 4) is 0 Å². The summed E-state index contributed by atoms with van der Waals surface area (Å²) in [6.07, 6.45) is 2.06. The highest BCUT2D eigenvalue weighted by Gasteiger charge is 2.45. The highest BCUT2D eigenvalue weighted by atomic mass is 16.2. The second-order valence-electron chi connectivity index (χ2n) is 3.78. The van der Waals surface area contributed by atoms with Gasteiger partial charge in [-0.3, -0.25) is 4.79 Å². The Hall–Kier alpha value is -0.990. The van der Waals surface area contributed by atoms with Crippen LogP contribution in [0.1, 0.15) is 19.8 Å². The first-order valence-corrected chi connectivity index (χ1v) is 4.38. The van der Waals surface area contributed by atoms with Crippen LogP contribution in [0.3, 0.4) is 0 Å². The van der Waals surface area contributed by atoms with E-state index < -0.39 is 0 Å². The number of carbonyl (C=O) groups is 1. The van der Waals surface area contributed by atoms with Crippen molar-refractivity contribution in [1.29, 1.82) is 0 Å². The predicted octanol–water partition coefficient (Wildman–Crippen LogP) is 0.484. The average molecular weight is 166 g/mol. The zero-order valence-electron chi connectivity index (χ0n) is 7.39. The smallest absolute Gasteiger partial charge is 0.245 e. The van der Waals surface area contributed by atoms with E-state index in [0.29, 0.717) is 6.54 Å². The van der Waals surface area contributed by atoms with Gasteiger partial charge < -0.3 is 10.2 Å². The fourth-order valence-corrected chi connectivity index (χ4v) is 2.17. The Morgan fingerprint density at radius 1 is 1.67 bits per heavy atom. The van der Waals surface area contributed by atoms with Crippen LogP contribution in [-0.2, 0) is 4.79 Å². The second-order valence-corrected chi connectivity index (χ2v) is 3.78. The van der Waals surface area contributed by atoms with E-state index >= 15 is 0 Å². The molecular weight excluding hydrogens is 152 g/mol. The molecule has 2 fully saturated rings. The number of hydrogen-bond acceptors (Lipinski definition) is 2. The summed E-state index contributed by atoms with van der Waals surface area (Å²) in [5.74, 6) is 0.160. The minimum absolute atomic E-state index is 0.160. The van der Waals surface area contributed by atoms with Gasteiger partial charge in [0, 0.05) is 12.2 Å². The summed E-state index contributed by atoms with van der Waals surface area (Å²) in [4.78, 5) is 13.7. The molecule has 0 aromatic rings. The molecule has 2 rings (SSSR count). The van der Waals surface area contributed by atoms with E-state index in [1.54, 1.807) is 0 Å². The number of carbonyl (C=O) groups excluding carboxylic acids is 1. The number of rotatable bonds is 0. The molecule has 12 heavy (non-hydrogen) atoms. The van der Waals surface area contributed by atoms with Crippen molar-refractivity contribution < 1.29 is 4.79 Å². The Morgan fingerprint density at radius 3 is 3.08 bits per heavy atom. The van der Waals surface area contributed by atoms with Crippen LogP contribution in [0.15, 0.2) is 12.3 Å². The minimum atomic E-state index is -0.296. The molecule has 1 N–H and O–H groups in total. The second kappa shape index (κ2) is 2.25. The molecule has 0 aromatic heterocycles. The van der Waals surface area contributed by atoms with Crippen molar-refractivity contribution in [3.63, 3.8) is 0 Å². The SMILES string of the molecule is C=C1CNC(=O)[C@]2(C)CCCN12. The lowest BCUT2D eigenvalue weighted by Gasteiger charge is -2.41. The summed E-state index contributed by atoms with van der Waals surface area (Å²) in [5, 5.41) is 2.86. The van der Waals surface area contributed by atoms with Gasteiger partial charge in [0.25, 0.3) is 0 Å². The first-order chi connectivity index (χ1) is 5.64. The van der Waals surface area contributed by atoms with Gasteiger partial charge in [0.2, 0.25) is 5.91 Å². The minimum Gasteiger partial charge on any atom is -0.360 e. The molecule has 0 spiro atoms. The van der Waals surface area contributed by atoms with Crippen LogP contribution in [0.4, 0.5) is 0 Å². The summed E-state index contributed by atoms with van der Waals surface area (Å²) in [6.45, 7) is 7.56. The Bertz CT molecular complexity index is 249. The Labute approximate surface area is 72.4 Å². The molecule has 1 amide bonds. The van der Waals surface area contributed by atoms with Gasteiger partial charge in [0.05, 0.1) is 6.54 Å². The molecular formula is C9H14N2O. The molecule has 1 atom stereocenters. The van der Waals surface area contributed by atoms with E-state index in [0.717, 1.165) is 25.1 Å². The average Bonchev–Trinajstić information content (AvgIpc) is 2.42. The lowest BCUT2D eigenvalue weighted by atomic mass is 9.95. The number of hydrogen-bond donors (Lipinski definition) is 1. The first kappa shape index (κ1) is 7.65. The molecule has 0 unspecified atom stereocenters. The lowest BCUT2D eigenvalue weighted by Crippen LogP contribution is -2.58. The van der Waals surface area contributed by atoms with Crippen molar-refractivity contribution in [2.24, 2.45) is 0 Å². The van der Waals surface area contributed by atoms with Gasteiger partial charge in [-0.15, -0.1) is 0 Å². The molecule has 3 nitrogen and oxygen atoms in total. The third-order valence-corrected chi connectivity index (χ3v) is 2.96. The number of nitrogens with zero attached hydrogens (tertiary/aromatic N) is 1. The van der Waals surface area contributed by atoms with Gasteiger partial charge in [0.1, 0.15) is 5.54 Å². The summed E-state index contributed by atoms with van der Waals surface area (Å²) in [7, 11) is 0. The van der Waals surface area contributed by atoms with Crippen LogP contribution in [-0.4, -0.2) is 29.4 Å². The van der Waals surface area contributed by atoms with Crippen molar-refractivity contribution in [2.75, 3.05) is 13.1 Å². The molecule has 2 heterocycles. The molecule has 3 heteroatoms. The van der Waals surface area contributed by atoms with Gasteiger partial charge in [0.15, 0.2) is 0 Å². The van der Waals surface area contributed by atoms with E-state index in [1.807, 2.05) is 6.92 Å². The fourth-order valence-electron chi connectivity index (χ4n) is 2.17. The molecule has 0 aliphatic carbocycles. The van der Waals surface area contributed by atoms with E-state index in [2.05, 4.69) is 16.8 Å². The number of fused-ring (bicyclic) bond motifs is 1. The van der Waals surface area contributed by atoms with Crippen LogP contribution in [0, 0.1) is 0 Å². The van der Waals surface area contributed by atoms with Crippen LogP contribution in [0.25, 0.3) is 0 Å². The molecule has 66 valence electrons. The van der Waals surface area contributed by atoms with E-state index in [1.165, 1.54) is 0 Å². The highest BCUT2D eigenvalue weighted by molar-refractivity contribution is 5.87. The molecule has 0 aromatic carbocycles. The Kier molecular flexibility index (Phi) is 1.43. The molecule has 2 aliphatic heterocycles. The summed E-state index contributed by atoms with van der Waals surface area (Å²) in [5.41, 5.74) is 0.754. The summed E-state index contributed by atoms with van der Waals surface area (Å²) >= 11 is 0. The van der Waals surface area contributed by atoms with Crippen molar-refractivity contribution in [2.45, 2.75) is 25.3 Å². The summed E-state index contributed by atoms with van der Waals surface area (Å²) in [6, 6.07) is 0. The highest BCUT2D eigenvalue weighted by Crippen LogP contribution is 2.33. The van der Waals surface area contributed by atoms with Crippen molar-refractivity contribution in [1.82, 2.24) is 10.2 Å². The quantitative estimate of drug-likeness (QED) is 0.568. The Balaban J connectivity index is 2.33. The van der Waals surface area contributed by atoms with Gasteiger partial charge >= 0.3 is 0 Å². The third kappa shape index (κ3) is 0.792. The lowest BCUT2D eigenvalue weighted by molar-refractivity contribution is -0.132. The maximum Gasteiger partial charge on any atom is 0.245 e. The van der Waals surface area contributed by atoms with Gasteiger partial charge in [-0.1, -0.05) is 6.58 Å². The van der Waals surface area contributed by atoms with E-state index in [4.69, 9.17) is 0 Å². The number of nitrogens with one attached hydrogen (secondary N) is 1. The van der Waals surface area contributed by atoms with Crippen molar-refractivity contribution in [3.05, 3.63) is 12.3 Å². The van der Waals surface area contributed by atoms with Gasteiger partial charge in [-0.05, 0) is 19.8 Å². The van der Waals surface area contributed by atoms with Gasteiger partial charge in [-0.25, -0.2) is 0 Å². The van der Waals surface area contributed by atoms with Gasteiger partial charge in [-0.2, -0.15) is 0 Å². The fraction of sp³-hybridized carbons (Fsp3) is 0.667. The molecule has 2 aliphatic rings. The normalized spacial score (nSPS) is 34.9. The van der Waals surface area contributed by atoms with Crippen LogP contribution >= 0.6 is 0 Å².